The maximum Gasteiger partial charge on any atom is 0.243 e. The third-order valence-corrected chi connectivity index (χ3v) is 5.88. The number of carbonyl (C=O) groups is 1. The van der Waals surface area contributed by atoms with E-state index in [4.69, 9.17) is 5.73 Å². The fourth-order valence-electron chi connectivity index (χ4n) is 2.63. The normalized spacial score (nSPS) is 17.6. The Morgan fingerprint density at radius 2 is 1.95 bits per heavy atom. The number of nitrogens with zero attached hydrogens (tertiary/aromatic N) is 1. The quantitative estimate of drug-likeness (QED) is 0.836. The van der Waals surface area contributed by atoms with Crippen molar-refractivity contribution in [3.05, 3.63) is 29.8 Å². The Kier molecular flexibility index (Phi) is 4.97. The SMILES string of the molecule is CNC(=O)C1CCN(S(=O)(=O)c2ccccc2CN)CC1. The molecule has 7 heteroatoms. The van der Waals surface area contributed by atoms with Gasteiger partial charge in [-0.2, -0.15) is 4.31 Å². The minimum atomic E-state index is -3.54. The van der Waals surface area contributed by atoms with Gasteiger partial charge in [-0.1, -0.05) is 18.2 Å². The number of carbonyl (C=O) groups excluding carboxylic acids is 1. The number of sulfonamides is 1. The van der Waals surface area contributed by atoms with Crippen LogP contribution < -0.4 is 11.1 Å². The second kappa shape index (κ2) is 6.55. The van der Waals surface area contributed by atoms with Crippen molar-refractivity contribution in [3.8, 4) is 0 Å². The molecule has 0 aromatic heterocycles. The lowest BCUT2D eigenvalue weighted by atomic mass is 9.97. The Bertz CT molecular complexity index is 608. The zero-order chi connectivity index (χ0) is 15.5. The number of rotatable bonds is 4. The Labute approximate surface area is 125 Å². The molecule has 0 atom stereocenters. The number of piperidine rings is 1. The van der Waals surface area contributed by atoms with Crippen LogP contribution in [0.25, 0.3) is 0 Å². The number of nitrogens with two attached hydrogens (primary N) is 1. The number of hydrogen-bond donors (Lipinski definition) is 2. The fraction of sp³-hybridized carbons (Fsp3) is 0.500. The Balaban J connectivity index is 2.17. The van der Waals surface area contributed by atoms with Crippen LogP contribution in [0, 0.1) is 5.92 Å². The molecule has 3 N–H and O–H groups in total. The topological polar surface area (TPSA) is 92.5 Å². The molecule has 1 aliphatic rings. The molecule has 1 fully saturated rings. The summed E-state index contributed by atoms with van der Waals surface area (Å²) in [5.41, 5.74) is 6.24. The number of hydrogen-bond acceptors (Lipinski definition) is 4. The molecule has 1 saturated heterocycles. The van der Waals surface area contributed by atoms with Crippen LogP contribution in [0.1, 0.15) is 18.4 Å². The van der Waals surface area contributed by atoms with Gasteiger partial charge in [-0.25, -0.2) is 8.42 Å². The van der Waals surface area contributed by atoms with E-state index in [1.54, 1.807) is 31.3 Å². The van der Waals surface area contributed by atoms with Gasteiger partial charge in [0.05, 0.1) is 4.90 Å². The Hall–Kier alpha value is -1.44. The molecule has 1 aliphatic heterocycles. The van der Waals surface area contributed by atoms with E-state index in [9.17, 15) is 13.2 Å². The van der Waals surface area contributed by atoms with Gasteiger partial charge in [-0.15, -0.1) is 0 Å². The van der Waals surface area contributed by atoms with Gasteiger partial charge < -0.3 is 11.1 Å². The van der Waals surface area contributed by atoms with Crippen LogP contribution in [-0.4, -0.2) is 38.8 Å². The summed E-state index contributed by atoms with van der Waals surface area (Å²) < 4.78 is 26.8. The summed E-state index contributed by atoms with van der Waals surface area (Å²) in [7, 11) is -1.94. The summed E-state index contributed by atoms with van der Waals surface area (Å²) in [6, 6.07) is 6.79. The first kappa shape index (κ1) is 15.9. The van der Waals surface area contributed by atoms with E-state index < -0.39 is 10.0 Å². The maximum atomic E-state index is 12.7. The zero-order valence-corrected chi connectivity index (χ0v) is 12.9. The molecule has 1 aromatic rings. The molecule has 0 saturated carbocycles. The highest BCUT2D eigenvalue weighted by Gasteiger charge is 2.32. The van der Waals surface area contributed by atoms with Gasteiger partial charge in [0.2, 0.25) is 15.9 Å². The van der Waals surface area contributed by atoms with E-state index >= 15 is 0 Å². The second-order valence-corrected chi connectivity index (χ2v) is 7.01. The van der Waals surface area contributed by atoms with Crippen molar-refractivity contribution in [2.45, 2.75) is 24.3 Å². The van der Waals surface area contributed by atoms with Crippen LogP contribution in [0.3, 0.4) is 0 Å². The summed E-state index contributed by atoms with van der Waals surface area (Å²) in [6.07, 6.45) is 1.09. The van der Waals surface area contributed by atoms with Gasteiger partial charge in [-0.05, 0) is 24.5 Å². The van der Waals surface area contributed by atoms with Gasteiger partial charge in [0.25, 0.3) is 0 Å². The van der Waals surface area contributed by atoms with E-state index in [-0.39, 0.29) is 23.3 Å². The monoisotopic (exact) mass is 311 g/mol. The van der Waals surface area contributed by atoms with Crippen LogP contribution in [-0.2, 0) is 21.4 Å². The summed E-state index contributed by atoms with van der Waals surface area (Å²) in [5.74, 6) is -0.124. The lowest BCUT2D eigenvalue weighted by molar-refractivity contribution is -0.125. The van der Waals surface area contributed by atoms with E-state index in [0.717, 1.165) is 0 Å². The molecule has 2 rings (SSSR count). The highest BCUT2D eigenvalue weighted by Crippen LogP contribution is 2.25. The van der Waals surface area contributed by atoms with E-state index in [2.05, 4.69) is 5.32 Å². The van der Waals surface area contributed by atoms with E-state index in [0.29, 0.717) is 31.5 Å². The first-order valence-corrected chi connectivity index (χ1v) is 8.44. The average molecular weight is 311 g/mol. The molecular weight excluding hydrogens is 290 g/mol. The van der Waals surface area contributed by atoms with Crippen molar-refractivity contribution in [2.24, 2.45) is 11.7 Å². The molecule has 6 nitrogen and oxygen atoms in total. The van der Waals surface area contributed by atoms with Crippen molar-refractivity contribution >= 4 is 15.9 Å². The van der Waals surface area contributed by atoms with Gasteiger partial charge in [0.1, 0.15) is 0 Å². The minimum Gasteiger partial charge on any atom is -0.359 e. The number of amides is 1. The summed E-state index contributed by atoms with van der Waals surface area (Å²) in [5, 5.41) is 2.61. The zero-order valence-electron chi connectivity index (χ0n) is 12.1. The van der Waals surface area contributed by atoms with Crippen LogP contribution >= 0.6 is 0 Å². The third-order valence-electron chi connectivity index (χ3n) is 3.88. The largest absolute Gasteiger partial charge is 0.359 e. The molecule has 21 heavy (non-hydrogen) atoms. The van der Waals surface area contributed by atoms with Crippen molar-refractivity contribution in [1.82, 2.24) is 9.62 Å². The molecule has 116 valence electrons. The molecule has 1 heterocycles. The molecule has 0 aliphatic carbocycles. The summed E-state index contributed by atoms with van der Waals surface area (Å²) >= 11 is 0. The molecule has 0 bridgehead atoms. The predicted octanol–water partition coefficient (Wildman–Crippen LogP) is 0.292. The molecule has 0 unspecified atom stereocenters. The standard InChI is InChI=1S/C14H21N3O3S/c1-16-14(18)11-6-8-17(9-7-11)21(19,20)13-5-3-2-4-12(13)10-15/h2-5,11H,6-10,15H2,1H3,(H,16,18). The van der Waals surface area contributed by atoms with Crippen LogP contribution in [0.4, 0.5) is 0 Å². The summed E-state index contributed by atoms with van der Waals surface area (Å²) in [6.45, 7) is 0.906. The molecule has 1 aromatic carbocycles. The van der Waals surface area contributed by atoms with E-state index in [1.807, 2.05) is 0 Å². The van der Waals surface area contributed by atoms with Gasteiger partial charge in [-0.3, -0.25) is 4.79 Å². The number of nitrogens with one attached hydrogen (secondary N) is 1. The van der Waals surface area contributed by atoms with Gasteiger partial charge >= 0.3 is 0 Å². The van der Waals surface area contributed by atoms with Gasteiger partial charge in [0, 0.05) is 32.6 Å². The van der Waals surface area contributed by atoms with E-state index in [1.165, 1.54) is 4.31 Å². The average Bonchev–Trinajstić information content (AvgIpc) is 2.54. The van der Waals surface area contributed by atoms with Gasteiger partial charge in [0.15, 0.2) is 0 Å². The first-order chi connectivity index (χ1) is 10.0. The highest BCUT2D eigenvalue weighted by molar-refractivity contribution is 7.89. The number of benzene rings is 1. The lowest BCUT2D eigenvalue weighted by Crippen LogP contribution is -2.42. The summed E-state index contributed by atoms with van der Waals surface area (Å²) in [4.78, 5) is 11.9. The van der Waals surface area contributed by atoms with Crippen molar-refractivity contribution < 1.29 is 13.2 Å². The molecule has 0 spiro atoms. The molecule has 0 radical (unpaired) electrons. The molecular formula is C14H21N3O3S. The molecule has 1 amide bonds. The lowest BCUT2D eigenvalue weighted by Gasteiger charge is -2.30. The van der Waals surface area contributed by atoms with Crippen molar-refractivity contribution in [3.63, 3.8) is 0 Å². The van der Waals surface area contributed by atoms with Crippen LogP contribution in [0.2, 0.25) is 0 Å². The Morgan fingerprint density at radius 1 is 1.33 bits per heavy atom. The smallest absolute Gasteiger partial charge is 0.243 e. The van der Waals surface area contributed by atoms with Crippen LogP contribution in [0.15, 0.2) is 29.2 Å². The third kappa shape index (κ3) is 3.25. The van der Waals surface area contributed by atoms with Crippen LogP contribution in [0.5, 0.6) is 0 Å². The Morgan fingerprint density at radius 3 is 2.52 bits per heavy atom. The fourth-order valence-corrected chi connectivity index (χ4v) is 4.33. The van der Waals surface area contributed by atoms with Crippen molar-refractivity contribution in [1.29, 1.82) is 0 Å². The maximum absolute atomic E-state index is 12.7. The minimum absolute atomic E-state index is 0.0191. The highest BCUT2D eigenvalue weighted by atomic mass is 32.2. The van der Waals surface area contributed by atoms with Crippen molar-refractivity contribution in [2.75, 3.05) is 20.1 Å². The second-order valence-electron chi connectivity index (χ2n) is 5.10. The first-order valence-electron chi connectivity index (χ1n) is 7.00. The predicted molar refractivity (Wildman–Crippen MR) is 79.9 cm³/mol.